The SMILES string of the molecule is CCCCCCCCCCCCCCCCCCOCC(COP(=O)(O)OCCN(C)CC)N=[N+]=N. The van der Waals surface area contributed by atoms with E-state index in [2.05, 4.69) is 16.9 Å². The van der Waals surface area contributed by atoms with Gasteiger partial charge in [-0.2, -0.15) is 0 Å². The van der Waals surface area contributed by atoms with E-state index < -0.39 is 13.9 Å². The molecule has 0 heterocycles. The van der Waals surface area contributed by atoms with Crippen LogP contribution in [-0.4, -0.2) is 62.4 Å². The van der Waals surface area contributed by atoms with Gasteiger partial charge in [0.1, 0.15) is 10.6 Å². The minimum atomic E-state index is -4.16. The maximum absolute atomic E-state index is 12.0. The van der Waals surface area contributed by atoms with Crippen molar-refractivity contribution in [3.63, 3.8) is 0 Å². The Bertz CT molecular complexity index is 579. The van der Waals surface area contributed by atoms with Crippen LogP contribution < -0.4 is 4.91 Å². The fraction of sp³-hybridized carbons (Fsp3) is 1.00. The second-order valence-corrected chi connectivity index (χ2v) is 11.2. The quantitative estimate of drug-likeness (QED) is 0.0471. The molecule has 214 valence electrons. The van der Waals surface area contributed by atoms with E-state index in [-0.39, 0.29) is 19.8 Å². The molecule has 2 atom stereocenters. The van der Waals surface area contributed by atoms with E-state index in [9.17, 15) is 9.46 Å². The molecule has 0 radical (unpaired) electrons. The zero-order chi connectivity index (χ0) is 26.7. The smallest absolute Gasteiger partial charge is 0.379 e. The Balaban J connectivity index is 3.60. The van der Waals surface area contributed by atoms with Crippen molar-refractivity contribution in [1.82, 2.24) is 9.81 Å². The molecular weight excluding hydrogens is 479 g/mol. The van der Waals surface area contributed by atoms with Gasteiger partial charge in [0.2, 0.25) is 4.91 Å². The Labute approximate surface area is 220 Å². The van der Waals surface area contributed by atoms with E-state index in [1.165, 1.54) is 89.9 Å². The number of hydrogen-bond donors (Lipinski definition) is 2. The van der Waals surface area contributed by atoms with Gasteiger partial charge in [0.05, 0.1) is 19.8 Å². The van der Waals surface area contributed by atoms with Gasteiger partial charge in [0.15, 0.2) is 6.04 Å². The molecular formula is C26H56N4O5P+. The van der Waals surface area contributed by atoms with Gasteiger partial charge in [-0.05, 0) is 20.0 Å². The molecule has 0 aromatic heterocycles. The molecule has 2 unspecified atom stereocenters. The number of nitrogens with one attached hydrogen (secondary N) is 1. The van der Waals surface area contributed by atoms with Crippen LogP contribution in [0.5, 0.6) is 0 Å². The monoisotopic (exact) mass is 535 g/mol. The lowest BCUT2D eigenvalue weighted by molar-refractivity contribution is 0.0841. The zero-order valence-electron chi connectivity index (χ0n) is 23.5. The van der Waals surface area contributed by atoms with E-state index in [1.54, 1.807) is 0 Å². The summed E-state index contributed by atoms with van der Waals surface area (Å²) >= 11 is 0. The molecule has 0 aliphatic rings. The average Bonchev–Trinajstić information content (AvgIpc) is 2.86. The number of phosphoric ester groups is 1. The van der Waals surface area contributed by atoms with E-state index in [0.29, 0.717) is 13.2 Å². The maximum Gasteiger partial charge on any atom is 0.472 e. The van der Waals surface area contributed by atoms with Gasteiger partial charge in [0, 0.05) is 13.2 Å². The highest BCUT2D eigenvalue weighted by molar-refractivity contribution is 7.47. The molecule has 36 heavy (non-hydrogen) atoms. The van der Waals surface area contributed by atoms with Gasteiger partial charge < -0.3 is 14.5 Å². The van der Waals surface area contributed by atoms with E-state index in [0.717, 1.165) is 19.4 Å². The van der Waals surface area contributed by atoms with E-state index >= 15 is 0 Å². The van der Waals surface area contributed by atoms with Crippen LogP contribution in [-0.2, 0) is 18.3 Å². The van der Waals surface area contributed by atoms with Crippen LogP contribution in [0.3, 0.4) is 0 Å². The fourth-order valence-electron chi connectivity index (χ4n) is 3.86. The van der Waals surface area contributed by atoms with Crippen LogP contribution in [0.4, 0.5) is 0 Å². The zero-order valence-corrected chi connectivity index (χ0v) is 24.4. The van der Waals surface area contributed by atoms with Gasteiger partial charge in [-0.1, -0.05) is 110 Å². The van der Waals surface area contributed by atoms with Crippen molar-refractivity contribution in [1.29, 1.82) is 5.53 Å². The maximum atomic E-state index is 12.0. The Morgan fingerprint density at radius 2 is 1.31 bits per heavy atom. The number of hydrogen-bond acceptors (Lipinski definition) is 7. The van der Waals surface area contributed by atoms with Crippen LogP contribution in [0.2, 0.25) is 0 Å². The fourth-order valence-corrected chi connectivity index (χ4v) is 4.60. The Morgan fingerprint density at radius 1 is 0.806 bits per heavy atom. The molecule has 10 heteroatoms. The molecule has 0 bridgehead atoms. The summed E-state index contributed by atoms with van der Waals surface area (Å²) in [7, 11) is -2.26. The lowest BCUT2D eigenvalue weighted by Crippen LogP contribution is -2.23. The first kappa shape index (κ1) is 35.3. The second kappa shape index (κ2) is 26.0. The average molecular weight is 536 g/mol. The molecule has 0 aliphatic carbocycles. The minimum absolute atomic E-state index is 0.0957. The first-order chi connectivity index (χ1) is 17.4. The molecule has 0 saturated carbocycles. The molecule has 0 amide bonds. The lowest BCUT2D eigenvalue weighted by atomic mass is 10.0. The van der Waals surface area contributed by atoms with Gasteiger partial charge >= 0.3 is 7.82 Å². The third-order valence-electron chi connectivity index (χ3n) is 6.37. The van der Waals surface area contributed by atoms with Crippen LogP contribution in [0, 0.1) is 5.53 Å². The number of unbranched alkanes of at least 4 members (excludes halogenated alkanes) is 15. The predicted octanol–water partition coefficient (Wildman–Crippen LogP) is 7.27. The molecule has 0 rings (SSSR count). The van der Waals surface area contributed by atoms with Gasteiger partial charge in [0.25, 0.3) is 0 Å². The van der Waals surface area contributed by atoms with Crippen LogP contribution >= 0.6 is 7.82 Å². The molecule has 0 aromatic carbocycles. The molecule has 0 fully saturated rings. The summed E-state index contributed by atoms with van der Waals surface area (Å²) in [6.45, 7) is 6.32. The second-order valence-electron chi connectivity index (χ2n) is 9.74. The summed E-state index contributed by atoms with van der Waals surface area (Å²) in [5, 5.41) is 3.71. The molecule has 0 aromatic rings. The van der Waals surface area contributed by atoms with Gasteiger partial charge in [-0.15, -0.1) is 0 Å². The predicted molar refractivity (Wildman–Crippen MR) is 146 cm³/mol. The number of nitrogens with zero attached hydrogens (tertiary/aromatic N) is 3. The van der Waals surface area contributed by atoms with Crippen molar-refractivity contribution in [3.05, 3.63) is 0 Å². The number of ether oxygens (including phenoxy) is 1. The highest BCUT2D eigenvalue weighted by Gasteiger charge is 2.25. The van der Waals surface area contributed by atoms with Gasteiger partial charge in [-0.25, -0.2) is 4.57 Å². The number of phosphoric acid groups is 1. The summed E-state index contributed by atoms with van der Waals surface area (Å²) in [5.74, 6) is 0. The third-order valence-corrected chi connectivity index (χ3v) is 7.36. The van der Waals surface area contributed by atoms with Crippen LogP contribution in [0.15, 0.2) is 5.11 Å². The minimum Gasteiger partial charge on any atom is -0.379 e. The van der Waals surface area contributed by atoms with Crippen molar-refractivity contribution in [3.8, 4) is 0 Å². The summed E-state index contributed by atoms with van der Waals surface area (Å²) < 4.78 is 27.6. The topological polar surface area (TPSA) is 119 Å². The van der Waals surface area contributed by atoms with Crippen molar-refractivity contribution in [2.24, 2.45) is 5.11 Å². The van der Waals surface area contributed by atoms with Crippen LogP contribution in [0.25, 0.3) is 0 Å². The Hall–Kier alpha value is -0.660. The van der Waals surface area contributed by atoms with E-state index in [1.807, 2.05) is 18.9 Å². The third kappa shape index (κ3) is 25.0. The van der Waals surface area contributed by atoms with Crippen molar-refractivity contribution >= 4 is 7.82 Å². The largest absolute Gasteiger partial charge is 0.472 e. The molecule has 9 nitrogen and oxygen atoms in total. The normalized spacial score (nSPS) is 14.0. The highest BCUT2D eigenvalue weighted by atomic mass is 31.2. The summed E-state index contributed by atoms with van der Waals surface area (Å²) in [4.78, 5) is 14.8. The Kier molecular flexibility index (Phi) is 25.5. The van der Waals surface area contributed by atoms with Crippen molar-refractivity contribution < 1.29 is 23.2 Å². The van der Waals surface area contributed by atoms with Gasteiger partial charge in [-0.3, -0.25) is 9.05 Å². The summed E-state index contributed by atoms with van der Waals surface area (Å²) in [6.07, 6.45) is 21.2. The first-order valence-corrected chi connectivity index (χ1v) is 15.9. The molecule has 2 N–H and O–H groups in total. The number of likely N-dealkylation sites (N-methyl/N-ethyl adjacent to an activating group) is 1. The van der Waals surface area contributed by atoms with Crippen molar-refractivity contribution in [2.45, 2.75) is 123 Å². The molecule has 0 saturated heterocycles. The Morgan fingerprint density at radius 3 is 1.78 bits per heavy atom. The summed E-state index contributed by atoms with van der Waals surface area (Å²) in [6, 6.07) is -0.606. The standard InChI is InChI=1S/C26H55N4O5P/c1-4-6-7-8-9-10-11-12-13-14-15-16-17-18-19-20-22-33-24-26(28-29-27)25-35-36(31,32)34-23-21-30(3)5-2/h26-27H,4-25H2,1-3H3/p+1. The molecule has 0 aliphatic heterocycles. The van der Waals surface area contributed by atoms with E-state index in [4.69, 9.17) is 19.3 Å². The number of rotatable bonds is 28. The molecule has 0 spiro atoms. The van der Waals surface area contributed by atoms with Crippen molar-refractivity contribution in [2.75, 3.05) is 46.6 Å². The lowest BCUT2D eigenvalue weighted by Gasteiger charge is -2.16. The summed E-state index contributed by atoms with van der Waals surface area (Å²) in [5.41, 5.74) is 6.94. The highest BCUT2D eigenvalue weighted by Crippen LogP contribution is 2.43. The van der Waals surface area contributed by atoms with Crippen LogP contribution in [0.1, 0.15) is 117 Å². The first-order valence-electron chi connectivity index (χ1n) is 14.4.